The predicted molar refractivity (Wildman–Crippen MR) is 116 cm³/mol. The van der Waals surface area contributed by atoms with E-state index in [1.807, 2.05) is 12.1 Å². The molecule has 0 saturated carbocycles. The summed E-state index contributed by atoms with van der Waals surface area (Å²) in [6.07, 6.45) is -5.67. The number of hydrogen-bond donors (Lipinski definition) is 4. The summed E-state index contributed by atoms with van der Waals surface area (Å²) in [5.41, 5.74) is 2.26. The maximum Gasteiger partial charge on any atom is 0.344 e. The molecule has 8 nitrogen and oxygen atoms in total. The molecule has 5 atom stereocenters. The van der Waals surface area contributed by atoms with Crippen LogP contribution >= 0.6 is 11.6 Å². The standard InChI is InChI=1S/C23H27ClO8/c1-2-30-19(26)12-31-16-6-3-13(4-7-16)9-15-10-14(5-8-17(15)24)23-22(29)21(28)20(27)18(11-25)32-23/h3-8,10,18,20-23,25,27-29H,2,9,11-12H2,1H3/t18-,20-,21+,22-,23+/m1/s1. The first-order valence-electron chi connectivity index (χ1n) is 10.3. The summed E-state index contributed by atoms with van der Waals surface area (Å²) < 4.78 is 15.8. The van der Waals surface area contributed by atoms with Crippen LogP contribution in [0.2, 0.25) is 5.02 Å². The molecule has 174 valence electrons. The Balaban J connectivity index is 1.71. The number of ether oxygens (including phenoxy) is 3. The number of carbonyl (C=O) groups excluding carboxylic acids is 1. The van der Waals surface area contributed by atoms with E-state index in [1.165, 1.54) is 0 Å². The van der Waals surface area contributed by atoms with E-state index in [2.05, 4.69) is 0 Å². The molecule has 3 rings (SSSR count). The van der Waals surface area contributed by atoms with Gasteiger partial charge < -0.3 is 34.6 Å². The zero-order valence-electron chi connectivity index (χ0n) is 17.6. The van der Waals surface area contributed by atoms with Crippen LogP contribution in [0.15, 0.2) is 42.5 Å². The summed E-state index contributed by atoms with van der Waals surface area (Å²) >= 11 is 6.37. The van der Waals surface area contributed by atoms with Crippen molar-refractivity contribution in [3.8, 4) is 5.75 Å². The third-order valence-corrected chi connectivity index (χ3v) is 5.64. The average Bonchev–Trinajstić information content (AvgIpc) is 2.79. The van der Waals surface area contributed by atoms with Gasteiger partial charge in [-0.2, -0.15) is 0 Å². The highest BCUT2D eigenvalue weighted by Gasteiger charge is 2.44. The van der Waals surface area contributed by atoms with Crippen molar-refractivity contribution in [1.29, 1.82) is 0 Å². The summed E-state index contributed by atoms with van der Waals surface area (Å²) in [4.78, 5) is 11.4. The number of carbonyl (C=O) groups is 1. The molecule has 1 saturated heterocycles. The third-order valence-electron chi connectivity index (χ3n) is 5.27. The van der Waals surface area contributed by atoms with Crippen LogP contribution in [0.1, 0.15) is 29.7 Å². The van der Waals surface area contributed by atoms with Crippen molar-refractivity contribution in [2.24, 2.45) is 0 Å². The first kappa shape index (κ1) is 24.4. The van der Waals surface area contributed by atoms with E-state index >= 15 is 0 Å². The normalized spacial score (nSPS) is 25.4. The van der Waals surface area contributed by atoms with Crippen molar-refractivity contribution < 1.29 is 39.4 Å². The molecule has 1 aliphatic heterocycles. The second kappa shape index (κ2) is 11.1. The van der Waals surface area contributed by atoms with E-state index < -0.39 is 43.1 Å². The Kier molecular flexibility index (Phi) is 8.47. The maximum absolute atomic E-state index is 11.4. The van der Waals surface area contributed by atoms with E-state index in [0.29, 0.717) is 29.4 Å². The Labute approximate surface area is 190 Å². The molecule has 2 aromatic carbocycles. The van der Waals surface area contributed by atoms with Gasteiger partial charge in [0.25, 0.3) is 0 Å². The lowest BCUT2D eigenvalue weighted by Crippen LogP contribution is -2.55. The Morgan fingerprint density at radius 2 is 1.78 bits per heavy atom. The van der Waals surface area contributed by atoms with Crippen LogP contribution in [0.4, 0.5) is 0 Å². The number of rotatable bonds is 8. The third kappa shape index (κ3) is 5.78. The summed E-state index contributed by atoms with van der Waals surface area (Å²) in [7, 11) is 0. The molecule has 0 aliphatic carbocycles. The molecule has 0 spiro atoms. The monoisotopic (exact) mass is 466 g/mol. The van der Waals surface area contributed by atoms with Crippen LogP contribution in [0.5, 0.6) is 5.75 Å². The van der Waals surface area contributed by atoms with Gasteiger partial charge in [-0.15, -0.1) is 0 Å². The Morgan fingerprint density at radius 1 is 1.06 bits per heavy atom. The second-order valence-corrected chi connectivity index (χ2v) is 7.92. The predicted octanol–water partition coefficient (Wildman–Crippen LogP) is 1.39. The van der Waals surface area contributed by atoms with Crippen molar-refractivity contribution in [3.05, 3.63) is 64.2 Å². The fourth-order valence-electron chi connectivity index (χ4n) is 3.55. The molecule has 0 radical (unpaired) electrons. The number of esters is 1. The Morgan fingerprint density at radius 3 is 2.44 bits per heavy atom. The van der Waals surface area contributed by atoms with E-state index in [1.54, 1.807) is 37.3 Å². The summed E-state index contributed by atoms with van der Waals surface area (Å²) in [5, 5.41) is 40.3. The molecule has 9 heteroatoms. The maximum atomic E-state index is 11.4. The van der Waals surface area contributed by atoms with Crippen molar-refractivity contribution in [1.82, 2.24) is 0 Å². The van der Waals surface area contributed by atoms with Gasteiger partial charge in [-0.1, -0.05) is 35.9 Å². The first-order chi connectivity index (χ1) is 15.3. The number of hydrogen-bond acceptors (Lipinski definition) is 8. The lowest BCUT2D eigenvalue weighted by molar-refractivity contribution is -0.231. The van der Waals surface area contributed by atoms with Crippen LogP contribution in [-0.4, -0.2) is 70.6 Å². The molecule has 32 heavy (non-hydrogen) atoms. The van der Waals surface area contributed by atoms with E-state index in [0.717, 1.165) is 11.1 Å². The lowest BCUT2D eigenvalue weighted by Gasteiger charge is -2.40. The molecule has 4 N–H and O–H groups in total. The van der Waals surface area contributed by atoms with Crippen molar-refractivity contribution in [3.63, 3.8) is 0 Å². The number of aliphatic hydroxyl groups is 4. The number of benzene rings is 2. The van der Waals surface area contributed by atoms with Gasteiger partial charge in [0.05, 0.1) is 13.2 Å². The first-order valence-corrected chi connectivity index (χ1v) is 10.7. The molecular weight excluding hydrogens is 440 g/mol. The molecule has 0 aromatic heterocycles. The van der Waals surface area contributed by atoms with Gasteiger partial charge in [0.2, 0.25) is 0 Å². The summed E-state index contributed by atoms with van der Waals surface area (Å²) in [5.74, 6) is 0.0938. The average molecular weight is 467 g/mol. The van der Waals surface area contributed by atoms with Crippen LogP contribution < -0.4 is 4.74 Å². The van der Waals surface area contributed by atoms with Gasteiger partial charge in [0.1, 0.15) is 36.3 Å². The summed E-state index contributed by atoms with van der Waals surface area (Å²) in [6, 6.07) is 12.3. The molecular formula is C23H27ClO8. The molecule has 0 unspecified atom stereocenters. The Hall–Kier alpha value is -2.20. The number of halogens is 1. The van der Waals surface area contributed by atoms with Crippen LogP contribution in [0.3, 0.4) is 0 Å². The minimum Gasteiger partial charge on any atom is -0.482 e. The highest BCUT2D eigenvalue weighted by atomic mass is 35.5. The van der Waals surface area contributed by atoms with E-state index in [-0.39, 0.29) is 6.61 Å². The van der Waals surface area contributed by atoms with Gasteiger partial charge >= 0.3 is 5.97 Å². The smallest absolute Gasteiger partial charge is 0.344 e. The quantitative estimate of drug-likeness (QED) is 0.430. The molecule has 1 aliphatic rings. The zero-order valence-corrected chi connectivity index (χ0v) is 18.3. The lowest BCUT2D eigenvalue weighted by atomic mass is 9.90. The minimum absolute atomic E-state index is 0.167. The van der Waals surface area contributed by atoms with Gasteiger partial charge in [0.15, 0.2) is 6.61 Å². The van der Waals surface area contributed by atoms with E-state index in [9.17, 15) is 25.2 Å². The van der Waals surface area contributed by atoms with Gasteiger partial charge in [0, 0.05) is 5.02 Å². The van der Waals surface area contributed by atoms with Crippen LogP contribution in [0, 0.1) is 0 Å². The van der Waals surface area contributed by atoms with Gasteiger partial charge in [-0.3, -0.25) is 0 Å². The molecule has 1 heterocycles. The highest BCUT2D eigenvalue weighted by molar-refractivity contribution is 6.31. The number of aliphatic hydroxyl groups excluding tert-OH is 4. The molecule has 1 fully saturated rings. The van der Waals surface area contributed by atoms with Crippen LogP contribution in [0.25, 0.3) is 0 Å². The van der Waals surface area contributed by atoms with Crippen molar-refractivity contribution in [2.45, 2.75) is 43.9 Å². The fourth-order valence-corrected chi connectivity index (χ4v) is 3.74. The molecule has 2 aromatic rings. The fraction of sp³-hybridized carbons (Fsp3) is 0.435. The second-order valence-electron chi connectivity index (χ2n) is 7.51. The summed E-state index contributed by atoms with van der Waals surface area (Å²) in [6.45, 7) is 1.36. The SMILES string of the molecule is CCOC(=O)COc1ccc(Cc2cc([C@@H]3O[C@H](CO)[C@@H](O)[C@H](O)[C@H]3O)ccc2Cl)cc1. The highest BCUT2D eigenvalue weighted by Crippen LogP contribution is 2.34. The van der Waals surface area contributed by atoms with Gasteiger partial charge in [-0.05, 0) is 48.2 Å². The van der Waals surface area contributed by atoms with Crippen LogP contribution in [-0.2, 0) is 20.7 Å². The molecule has 0 bridgehead atoms. The largest absolute Gasteiger partial charge is 0.482 e. The van der Waals surface area contributed by atoms with Crippen molar-refractivity contribution in [2.75, 3.05) is 19.8 Å². The van der Waals surface area contributed by atoms with Gasteiger partial charge in [-0.25, -0.2) is 4.79 Å². The molecule has 0 amide bonds. The minimum atomic E-state index is -1.45. The topological polar surface area (TPSA) is 126 Å². The van der Waals surface area contributed by atoms with E-state index in [4.69, 9.17) is 25.8 Å². The van der Waals surface area contributed by atoms with Crippen molar-refractivity contribution >= 4 is 17.6 Å². The zero-order chi connectivity index (χ0) is 23.3. The Bertz CT molecular complexity index is 901.